The zero-order valence-corrected chi connectivity index (χ0v) is 31.0. The third kappa shape index (κ3) is 12.7. The highest BCUT2D eigenvalue weighted by Gasteiger charge is 2.35. The van der Waals surface area contributed by atoms with Crippen LogP contribution in [0.25, 0.3) is 0 Å². The van der Waals surface area contributed by atoms with E-state index in [1.165, 1.54) is 0 Å². The van der Waals surface area contributed by atoms with Crippen LogP contribution in [0.1, 0.15) is 103 Å². The van der Waals surface area contributed by atoms with Crippen molar-refractivity contribution in [2.24, 2.45) is 0 Å². The first-order valence-electron chi connectivity index (χ1n) is 18.4. The minimum Gasteiger partial charge on any atom is -0.432 e. The summed E-state index contributed by atoms with van der Waals surface area (Å²) in [4.78, 5) is 80.2. The van der Waals surface area contributed by atoms with Gasteiger partial charge in [0.15, 0.2) is 5.78 Å². The van der Waals surface area contributed by atoms with Gasteiger partial charge < -0.3 is 34.7 Å². The first-order valence-corrected chi connectivity index (χ1v) is 18.4. The van der Waals surface area contributed by atoms with Crippen molar-refractivity contribution in [3.05, 3.63) is 64.2 Å². The molecule has 15 nitrogen and oxygen atoms in total. The van der Waals surface area contributed by atoms with E-state index in [0.717, 1.165) is 28.7 Å². The molecule has 2 atom stereocenters. The van der Waals surface area contributed by atoms with E-state index in [-0.39, 0.29) is 69.0 Å². The fourth-order valence-electron chi connectivity index (χ4n) is 6.30. The van der Waals surface area contributed by atoms with Gasteiger partial charge in [-0.05, 0) is 73.4 Å². The molecule has 0 aromatic heterocycles. The molecule has 54 heavy (non-hydrogen) atoms. The first kappa shape index (κ1) is 42.0. The summed E-state index contributed by atoms with van der Waals surface area (Å²) < 4.78 is 21.5. The summed E-state index contributed by atoms with van der Waals surface area (Å²) in [6.45, 7) is 3.95. The Morgan fingerprint density at radius 2 is 1.69 bits per heavy atom. The molecule has 0 saturated carbocycles. The van der Waals surface area contributed by atoms with Crippen LogP contribution in [-0.4, -0.2) is 105 Å². The van der Waals surface area contributed by atoms with Gasteiger partial charge >= 0.3 is 6.16 Å². The van der Waals surface area contributed by atoms with E-state index < -0.39 is 23.9 Å². The Labute approximate surface area is 314 Å². The fourth-order valence-corrected chi connectivity index (χ4v) is 6.30. The summed E-state index contributed by atoms with van der Waals surface area (Å²) in [5.41, 5.74) is 4.18. The van der Waals surface area contributed by atoms with E-state index in [2.05, 4.69) is 10.6 Å². The number of carbonyl (C=O) groups is 6. The van der Waals surface area contributed by atoms with E-state index in [9.17, 15) is 28.8 Å². The van der Waals surface area contributed by atoms with Crippen LogP contribution in [0, 0.1) is 0 Å². The minimum atomic E-state index is -1.22. The molecule has 2 unspecified atom stereocenters. The van der Waals surface area contributed by atoms with Crippen LogP contribution in [0.2, 0.25) is 0 Å². The van der Waals surface area contributed by atoms with E-state index >= 15 is 0 Å². The van der Waals surface area contributed by atoms with Crippen molar-refractivity contribution in [1.82, 2.24) is 10.4 Å². The highest BCUT2D eigenvalue weighted by Crippen LogP contribution is 2.40. The number of aliphatic hydroxyl groups is 1. The highest BCUT2D eigenvalue weighted by molar-refractivity contribution is 6.01. The third-order valence-electron chi connectivity index (χ3n) is 9.10. The minimum absolute atomic E-state index is 0.0244. The molecule has 4 amide bonds. The van der Waals surface area contributed by atoms with Crippen LogP contribution in [0.15, 0.2) is 36.4 Å². The van der Waals surface area contributed by atoms with Gasteiger partial charge in [-0.15, -0.1) is 0 Å². The second-order valence-corrected chi connectivity index (χ2v) is 13.2. The number of ketones is 1. The Bertz CT molecular complexity index is 1610. The lowest BCUT2D eigenvalue weighted by Crippen LogP contribution is -2.33. The largest absolute Gasteiger partial charge is 0.533 e. The van der Waals surface area contributed by atoms with Crippen molar-refractivity contribution >= 4 is 41.3 Å². The summed E-state index contributed by atoms with van der Waals surface area (Å²) in [6.07, 6.45) is 1.62. The molecule has 2 aromatic rings. The quantitative estimate of drug-likeness (QED) is 0.0641. The van der Waals surface area contributed by atoms with Crippen molar-refractivity contribution in [2.75, 3.05) is 58.6 Å². The Morgan fingerprint density at radius 3 is 2.44 bits per heavy atom. The molecule has 15 heteroatoms. The summed E-state index contributed by atoms with van der Waals surface area (Å²) in [6, 6.07) is 10.8. The molecule has 3 N–H and O–H groups in total. The second kappa shape index (κ2) is 21.9. The molecule has 1 aliphatic carbocycles. The van der Waals surface area contributed by atoms with E-state index in [0.29, 0.717) is 75.0 Å². The third-order valence-corrected chi connectivity index (χ3v) is 9.10. The molecule has 294 valence electrons. The lowest BCUT2D eigenvalue weighted by atomic mass is 9.76. The number of rotatable bonds is 23. The lowest BCUT2D eigenvalue weighted by molar-refractivity contribution is -0.177. The normalized spacial score (nSPS) is 15.3. The number of aliphatic hydroxyl groups excluding tert-OH is 1. The molecule has 1 aliphatic heterocycles. The Kier molecular flexibility index (Phi) is 17.0. The van der Waals surface area contributed by atoms with Gasteiger partial charge in [0.1, 0.15) is 6.61 Å². The molecular formula is C39H51N3O12. The predicted molar refractivity (Wildman–Crippen MR) is 195 cm³/mol. The average molecular weight is 754 g/mol. The molecule has 0 bridgehead atoms. The number of imide groups is 1. The van der Waals surface area contributed by atoms with Crippen molar-refractivity contribution in [2.45, 2.75) is 83.2 Å². The standard InChI is InChI=1S/C39H51N3O12/c1-26(16-18-43)52-21-5-9-34(44)30-8-3-7-29-32(30)23-27-12-13-28(41-36(46)11-4-10-35(45)40-17-22-51-20-6-19-50-2)24-31(27)33(29)25-53-39(49)54-42-37(47)14-15-38(42)48/h3,7-8,12-13,24,26,33,43H,4-6,9-11,14-23,25H2,1-2H3,(H,40,45)(H,41,46). The number of hydrogen-bond donors (Lipinski definition) is 3. The molecule has 1 heterocycles. The van der Waals surface area contributed by atoms with Crippen LogP contribution in [0.3, 0.4) is 0 Å². The number of carbonyl (C=O) groups excluding carboxylic acids is 6. The molecule has 2 aliphatic rings. The number of hydrogen-bond acceptors (Lipinski definition) is 12. The van der Waals surface area contributed by atoms with Crippen LogP contribution >= 0.6 is 0 Å². The van der Waals surface area contributed by atoms with Crippen molar-refractivity contribution in [3.63, 3.8) is 0 Å². The van der Waals surface area contributed by atoms with E-state index in [4.69, 9.17) is 28.9 Å². The van der Waals surface area contributed by atoms with Crippen LogP contribution in [0.5, 0.6) is 0 Å². The summed E-state index contributed by atoms with van der Waals surface area (Å²) in [5.74, 6) is -2.37. The molecule has 4 rings (SSSR count). The number of anilines is 1. The maximum Gasteiger partial charge on any atom is 0.533 e. The van der Waals surface area contributed by atoms with E-state index in [1.54, 1.807) is 31.4 Å². The molecule has 0 spiro atoms. The zero-order chi connectivity index (χ0) is 38.9. The molecular weight excluding hydrogens is 702 g/mol. The molecule has 1 saturated heterocycles. The second-order valence-electron chi connectivity index (χ2n) is 13.2. The Hall–Kier alpha value is -4.70. The van der Waals surface area contributed by atoms with Crippen molar-refractivity contribution < 1.29 is 57.7 Å². The highest BCUT2D eigenvalue weighted by atomic mass is 16.8. The fraction of sp³-hybridized carbons (Fsp3) is 0.538. The SMILES string of the molecule is COCCCOCCNC(=O)CCCC(=O)Nc1ccc2c(c1)C(COC(=O)ON1C(=O)CCC1=O)c1cccc(C(=O)CCCOC(C)CCO)c1C2. The van der Waals surface area contributed by atoms with Gasteiger partial charge in [0.25, 0.3) is 11.8 Å². The number of fused-ring (bicyclic) bond motifs is 2. The van der Waals surface area contributed by atoms with Gasteiger partial charge in [0.2, 0.25) is 11.8 Å². The number of amides is 4. The van der Waals surface area contributed by atoms with Gasteiger partial charge in [0.05, 0.1) is 12.7 Å². The van der Waals surface area contributed by atoms with Gasteiger partial charge in [-0.25, -0.2) is 4.79 Å². The van der Waals surface area contributed by atoms with Crippen molar-refractivity contribution in [1.29, 1.82) is 0 Å². The molecule has 2 aromatic carbocycles. The molecule has 0 radical (unpaired) electrons. The smallest absolute Gasteiger partial charge is 0.432 e. The van der Waals surface area contributed by atoms with Crippen molar-refractivity contribution in [3.8, 4) is 0 Å². The van der Waals surface area contributed by atoms with E-state index in [1.807, 2.05) is 19.1 Å². The van der Waals surface area contributed by atoms with Crippen LogP contribution in [0.4, 0.5) is 10.5 Å². The summed E-state index contributed by atoms with van der Waals surface area (Å²) in [5, 5.41) is 15.2. The van der Waals surface area contributed by atoms with Crippen LogP contribution < -0.4 is 10.6 Å². The number of nitrogens with zero attached hydrogens (tertiary/aromatic N) is 1. The van der Waals surface area contributed by atoms with Gasteiger partial charge in [-0.2, -0.15) is 0 Å². The monoisotopic (exact) mass is 753 g/mol. The number of Topliss-reactive ketones (excluding diaryl/α,β-unsaturated/α-hetero) is 1. The van der Waals surface area contributed by atoms with Gasteiger partial charge in [-0.1, -0.05) is 29.3 Å². The summed E-state index contributed by atoms with van der Waals surface area (Å²) >= 11 is 0. The number of hydroxylamine groups is 2. The first-order chi connectivity index (χ1) is 26.1. The molecule has 1 fully saturated rings. The number of nitrogens with one attached hydrogen (secondary N) is 2. The average Bonchev–Trinajstić information content (AvgIpc) is 3.46. The maximum absolute atomic E-state index is 13.5. The summed E-state index contributed by atoms with van der Waals surface area (Å²) in [7, 11) is 1.62. The Morgan fingerprint density at radius 1 is 0.907 bits per heavy atom. The topological polar surface area (TPSA) is 196 Å². The zero-order valence-electron chi connectivity index (χ0n) is 31.0. The number of ether oxygens (including phenoxy) is 4. The number of methoxy groups -OCH3 is 1. The Balaban J connectivity index is 1.41. The van der Waals surface area contributed by atoms with Gasteiger partial charge in [0, 0.05) is 89.4 Å². The lowest BCUT2D eigenvalue weighted by Gasteiger charge is -2.30. The van der Waals surface area contributed by atoms with Crippen LogP contribution in [-0.2, 0) is 49.4 Å². The number of benzene rings is 2. The predicted octanol–water partition coefficient (Wildman–Crippen LogP) is 3.97. The van der Waals surface area contributed by atoms with Gasteiger partial charge in [-0.3, -0.25) is 28.8 Å². The maximum atomic E-state index is 13.5.